The van der Waals surface area contributed by atoms with Gasteiger partial charge < -0.3 is 14.9 Å². The van der Waals surface area contributed by atoms with Crippen molar-refractivity contribution in [3.63, 3.8) is 0 Å². The molecule has 0 aliphatic rings. The van der Waals surface area contributed by atoms with Gasteiger partial charge in [-0.05, 0) is 31.9 Å². The van der Waals surface area contributed by atoms with Crippen LogP contribution in [0.1, 0.15) is 18.1 Å². The third kappa shape index (κ3) is 4.16. The maximum Gasteiger partial charge on any atom is 0.243 e. The lowest BCUT2D eigenvalue weighted by Gasteiger charge is -2.22. The highest BCUT2D eigenvalue weighted by atomic mass is 32.2. The lowest BCUT2D eigenvalue weighted by Crippen LogP contribution is -2.36. The molecule has 0 unspecified atom stereocenters. The fraction of sp³-hybridized carbons (Fsp3) is 0.571. The summed E-state index contributed by atoms with van der Waals surface area (Å²) < 4.78 is 31.8. The van der Waals surface area contributed by atoms with Gasteiger partial charge in [-0.3, -0.25) is 0 Å². The van der Waals surface area contributed by atoms with Crippen LogP contribution in [0.2, 0.25) is 0 Å². The van der Waals surface area contributed by atoms with E-state index in [2.05, 4.69) is 0 Å². The van der Waals surface area contributed by atoms with Crippen LogP contribution >= 0.6 is 0 Å². The van der Waals surface area contributed by atoms with E-state index in [4.69, 9.17) is 14.9 Å². The molecule has 1 aromatic carbocycles. The Hall–Kier alpha value is -1.15. The first-order chi connectivity index (χ1) is 9.88. The molecule has 2 N–H and O–H groups in total. The minimum Gasteiger partial charge on any atom is -0.494 e. The quantitative estimate of drug-likeness (QED) is 0.736. The molecule has 0 spiro atoms. The number of aliphatic hydroxyl groups is 2. The summed E-state index contributed by atoms with van der Waals surface area (Å²) >= 11 is 0. The summed E-state index contributed by atoms with van der Waals surface area (Å²) in [4.78, 5) is 0.137. The lowest BCUT2D eigenvalue weighted by molar-refractivity contribution is 0.217. The molecule has 0 bridgehead atoms. The molecule has 0 aliphatic carbocycles. The zero-order valence-electron chi connectivity index (χ0n) is 12.7. The Balaban J connectivity index is 3.31. The van der Waals surface area contributed by atoms with Gasteiger partial charge in [-0.15, -0.1) is 0 Å². The van der Waals surface area contributed by atoms with Crippen LogP contribution in [0.4, 0.5) is 0 Å². The van der Waals surface area contributed by atoms with Gasteiger partial charge in [0.2, 0.25) is 10.0 Å². The van der Waals surface area contributed by atoms with Crippen molar-refractivity contribution in [3.05, 3.63) is 23.3 Å². The van der Waals surface area contributed by atoms with Gasteiger partial charge in [0.1, 0.15) is 5.75 Å². The van der Waals surface area contributed by atoms with Crippen LogP contribution in [0.3, 0.4) is 0 Å². The Morgan fingerprint density at radius 3 is 2.14 bits per heavy atom. The molecule has 0 saturated carbocycles. The van der Waals surface area contributed by atoms with Gasteiger partial charge >= 0.3 is 0 Å². The molecule has 1 aromatic rings. The molecule has 0 aliphatic heterocycles. The topological polar surface area (TPSA) is 87.1 Å². The van der Waals surface area contributed by atoms with Crippen molar-refractivity contribution in [3.8, 4) is 5.75 Å². The first-order valence-corrected chi connectivity index (χ1v) is 8.28. The summed E-state index contributed by atoms with van der Waals surface area (Å²) in [5.74, 6) is 0.523. The smallest absolute Gasteiger partial charge is 0.243 e. The molecule has 6 nitrogen and oxygen atoms in total. The average molecular weight is 317 g/mol. The summed E-state index contributed by atoms with van der Waals surface area (Å²) in [7, 11) is -3.78. The monoisotopic (exact) mass is 317 g/mol. The van der Waals surface area contributed by atoms with E-state index in [0.29, 0.717) is 17.9 Å². The zero-order chi connectivity index (χ0) is 16.0. The Labute approximate surface area is 126 Å². The molecular weight excluding hydrogens is 294 g/mol. The van der Waals surface area contributed by atoms with E-state index in [1.807, 2.05) is 13.8 Å². The van der Waals surface area contributed by atoms with Crippen molar-refractivity contribution in [1.82, 2.24) is 4.31 Å². The van der Waals surface area contributed by atoms with Gasteiger partial charge in [0.05, 0.1) is 24.7 Å². The Morgan fingerprint density at radius 1 is 1.10 bits per heavy atom. The SMILES string of the molecule is CCOc1cc(S(=O)(=O)N(CCO)CCO)c(C)cc1C. The van der Waals surface area contributed by atoms with Crippen molar-refractivity contribution in [1.29, 1.82) is 0 Å². The van der Waals surface area contributed by atoms with Gasteiger partial charge in [-0.1, -0.05) is 6.07 Å². The number of aliphatic hydroxyl groups excluding tert-OH is 2. The molecule has 0 atom stereocenters. The zero-order valence-corrected chi connectivity index (χ0v) is 13.5. The first kappa shape index (κ1) is 17.9. The summed E-state index contributed by atoms with van der Waals surface area (Å²) in [6.45, 7) is 5.13. The second-order valence-electron chi connectivity index (χ2n) is 4.67. The number of ether oxygens (including phenoxy) is 1. The van der Waals surface area contributed by atoms with Gasteiger partial charge in [-0.25, -0.2) is 8.42 Å². The van der Waals surface area contributed by atoms with Gasteiger partial charge in [0.25, 0.3) is 0 Å². The normalized spacial score (nSPS) is 11.9. The van der Waals surface area contributed by atoms with E-state index in [1.54, 1.807) is 13.0 Å². The molecule has 1 rings (SSSR count). The molecule has 0 amide bonds. The van der Waals surface area contributed by atoms with E-state index in [0.717, 1.165) is 9.87 Å². The van der Waals surface area contributed by atoms with Crippen LogP contribution in [0.15, 0.2) is 17.0 Å². The summed E-state index contributed by atoms with van der Waals surface area (Å²) in [6, 6.07) is 3.26. The van der Waals surface area contributed by atoms with E-state index < -0.39 is 10.0 Å². The predicted molar refractivity (Wildman–Crippen MR) is 80.0 cm³/mol. The number of hydrogen-bond donors (Lipinski definition) is 2. The number of rotatable bonds is 8. The van der Waals surface area contributed by atoms with Gasteiger partial charge in [-0.2, -0.15) is 4.31 Å². The van der Waals surface area contributed by atoms with E-state index >= 15 is 0 Å². The van der Waals surface area contributed by atoms with Crippen molar-refractivity contribution in [2.24, 2.45) is 0 Å². The van der Waals surface area contributed by atoms with Crippen LogP contribution in [0.25, 0.3) is 0 Å². The average Bonchev–Trinajstić information content (AvgIpc) is 2.41. The Kier molecular flexibility index (Phi) is 6.60. The van der Waals surface area contributed by atoms with Crippen LogP contribution in [0.5, 0.6) is 5.75 Å². The molecule has 7 heteroatoms. The van der Waals surface area contributed by atoms with Crippen molar-refractivity contribution >= 4 is 10.0 Å². The molecule has 0 aromatic heterocycles. The van der Waals surface area contributed by atoms with E-state index in [-0.39, 0.29) is 31.2 Å². The fourth-order valence-electron chi connectivity index (χ4n) is 2.12. The molecular formula is C14H23NO5S. The largest absolute Gasteiger partial charge is 0.494 e. The van der Waals surface area contributed by atoms with Crippen LogP contribution in [-0.4, -0.2) is 55.8 Å². The minimum atomic E-state index is -3.78. The molecule has 120 valence electrons. The summed E-state index contributed by atoms with van der Waals surface area (Å²) in [5.41, 5.74) is 1.47. The maximum atomic E-state index is 12.6. The Bertz CT molecular complexity index is 565. The second kappa shape index (κ2) is 7.74. The predicted octanol–water partition coefficient (Wildman–Crippen LogP) is 0.677. The van der Waals surface area contributed by atoms with Crippen LogP contribution < -0.4 is 4.74 Å². The molecule has 21 heavy (non-hydrogen) atoms. The number of nitrogens with zero attached hydrogens (tertiary/aromatic N) is 1. The summed E-state index contributed by atoms with van der Waals surface area (Å²) in [6.07, 6.45) is 0. The third-order valence-corrected chi connectivity index (χ3v) is 5.13. The third-order valence-electron chi connectivity index (χ3n) is 3.09. The lowest BCUT2D eigenvalue weighted by atomic mass is 10.1. The highest BCUT2D eigenvalue weighted by Gasteiger charge is 2.26. The molecule has 0 fully saturated rings. The maximum absolute atomic E-state index is 12.6. The first-order valence-electron chi connectivity index (χ1n) is 6.84. The van der Waals surface area contributed by atoms with E-state index in [9.17, 15) is 8.42 Å². The molecule has 0 radical (unpaired) electrons. The summed E-state index contributed by atoms with van der Waals surface area (Å²) in [5, 5.41) is 18.0. The van der Waals surface area contributed by atoms with Crippen molar-refractivity contribution in [2.75, 3.05) is 32.9 Å². The standard InChI is InChI=1S/C14H23NO5S/c1-4-20-13-10-14(12(3)9-11(13)2)21(18,19)15(5-7-16)6-8-17/h9-10,16-17H,4-8H2,1-3H3. The Morgan fingerprint density at radius 2 is 1.67 bits per heavy atom. The van der Waals surface area contributed by atoms with E-state index in [1.165, 1.54) is 6.07 Å². The molecule has 0 saturated heterocycles. The van der Waals surface area contributed by atoms with Gasteiger partial charge in [0.15, 0.2) is 0 Å². The number of sulfonamides is 1. The van der Waals surface area contributed by atoms with Crippen LogP contribution in [0, 0.1) is 13.8 Å². The molecule has 0 heterocycles. The highest BCUT2D eigenvalue weighted by molar-refractivity contribution is 7.89. The number of benzene rings is 1. The highest BCUT2D eigenvalue weighted by Crippen LogP contribution is 2.28. The van der Waals surface area contributed by atoms with Crippen molar-refractivity contribution in [2.45, 2.75) is 25.7 Å². The minimum absolute atomic E-state index is 0.0554. The van der Waals surface area contributed by atoms with Crippen molar-refractivity contribution < 1.29 is 23.4 Å². The van der Waals surface area contributed by atoms with Crippen LogP contribution in [-0.2, 0) is 10.0 Å². The second-order valence-corrected chi connectivity index (χ2v) is 6.57. The fourth-order valence-corrected chi connectivity index (χ4v) is 3.76. The number of aryl methyl sites for hydroxylation is 2. The number of hydrogen-bond acceptors (Lipinski definition) is 5. The van der Waals surface area contributed by atoms with Gasteiger partial charge in [0, 0.05) is 19.2 Å².